The number of anilines is 2. The second-order valence-corrected chi connectivity index (χ2v) is 6.13. The summed E-state index contributed by atoms with van der Waals surface area (Å²) in [5, 5.41) is 15.8. The molecule has 0 bridgehead atoms. The van der Waals surface area contributed by atoms with Crippen LogP contribution in [0, 0.1) is 25.2 Å². The first kappa shape index (κ1) is 18.6. The van der Waals surface area contributed by atoms with E-state index in [-0.39, 0.29) is 5.57 Å². The van der Waals surface area contributed by atoms with Crippen LogP contribution in [0.1, 0.15) is 23.6 Å². The quantitative estimate of drug-likeness (QED) is 0.588. The molecule has 0 fully saturated rings. The van der Waals surface area contributed by atoms with Crippen molar-refractivity contribution >= 4 is 28.9 Å². The molecule has 0 radical (unpaired) electrons. The Hall–Kier alpha value is -2.77. The maximum Gasteiger partial charge on any atom is 0.267 e. The average Bonchev–Trinajstić information content (AvgIpc) is 2.58. The van der Waals surface area contributed by atoms with Crippen molar-refractivity contribution in [1.29, 1.82) is 5.26 Å². The molecule has 4 nitrogen and oxygen atoms in total. The zero-order chi connectivity index (χ0) is 18.4. The van der Waals surface area contributed by atoms with Crippen LogP contribution in [-0.4, -0.2) is 5.91 Å². The topological polar surface area (TPSA) is 64.9 Å². The zero-order valence-corrected chi connectivity index (χ0v) is 15.2. The van der Waals surface area contributed by atoms with Crippen molar-refractivity contribution in [2.75, 3.05) is 10.6 Å². The number of halogens is 1. The van der Waals surface area contributed by atoms with Crippen molar-refractivity contribution in [3.8, 4) is 6.07 Å². The van der Waals surface area contributed by atoms with E-state index in [2.05, 4.69) is 10.6 Å². The number of benzene rings is 2. The first-order chi connectivity index (χ1) is 12.0. The molecule has 0 aliphatic carbocycles. The highest BCUT2D eigenvalue weighted by molar-refractivity contribution is 6.30. The van der Waals surface area contributed by atoms with E-state index in [0.717, 1.165) is 34.5 Å². The minimum atomic E-state index is -0.439. The van der Waals surface area contributed by atoms with E-state index < -0.39 is 5.91 Å². The van der Waals surface area contributed by atoms with Gasteiger partial charge in [-0.2, -0.15) is 5.26 Å². The van der Waals surface area contributed by atoms with Crippen molar-refractivity contribution in [2.45, 2.75) is 27.2 Å². The van der Waals surface area contributed by atoms with Crippen LogP contribution in [0.15, 0.2) is 48.2 Å². The molecule has 2 rings (SSSR count). The molecule has 0 unspecified atom stereocenters. The van der Waals surface area contributed by atoms with Gasteiger partial charge in [0.25, 0.3) is 5.91 Å². The molecule has 2 aromatic carbocycles. The highest BCUT2D eigenvalue weighted by Crippen LogP contribution is 2.22. The van der Waals surface area contributed by atoms with Crippen molar-refractivity contribution in [1.82, 2.24) is 0 Å². The minimum absolute atomic E-state index is 0.000318. The van der Waals surface area contributed by atoms with Gasteiger partial charge in [-0.25, -0.2) is 0 Å². The molecule has 128 valence electrons. The molecule has 1 amide bonds. The molecule has 0 saturated carbocycles. The minimum Gasteiger partial charge on any atom is -0.360 e. The van der Waals surface area contributed by atoms with Gasteiger partial charge < -0.3 is 10.6 Å². The lowest BCUT2D eigenvalue weighted by Gasteiger charge is -2.13. The molecule has 5 heteroatoms. The Morgan fingerprint density at radius 1 is 1.24 bits per heavy atom. The third-order valence-corrected chi connectivity index (χ3v) is 4.14. The Morgan fingerprint density at radius 2 is 2.00 bits per heavy atom. The van der Waals surface area contributed by atoms with Crippen LogP contribution in [0.25, 0.3) is 0 Å². The molecule has 0 saturated heterocycles. The fourth-order valence-corrected chi connectivity index (χ4v) is 2.70. The standard InChI is InChI=1S/C20H20ClN3O/c1-4-15-7-5-6-13(2)19(15)24-20(25)16(11-22)12-23-18-9-8-17(21)10-14(18)3/h5-10,12,23H,4H2,1-3H3,(H,24,25)/b16-12-. The SMILES string of the molecule is CCc1cccc(C)c1NC(=O)/C(C#N)=C\Nc1ccc(Cl)cc1C. The third kappa shape index (κ3) is 4.62. The first-order valence-corrected chi connectivity index (χ1v) is 8.36. The number of hydrogen-bond donors (Lipinski definition) is 2. The maximum absolute atomic E-state index is 12.5. The number of nitrogens with zero attached hydrogens (tertiary/aromatic N) is 1. The summed E-state index contributed by atoms with van der Waals surface area (Å²) in [5.74, 6) is -0.439. The third-order valence-electron chi connectivity index (χ3n) is 3.90. The van der Waals surface area contributed by atoms with Gasteiger partial charge in [0, 0.05) is 22.6 Å². The van der Waals surface area contributed by atoms with Crippen LogP contribution in [0.2, 0.25) is 5.02 Å². The van der Waals surface area contributed by atoms with Crippen molar-refractivity contribution in [3.63, 3.8) is 0 Å². The number of rotatable bonds is 5. The van der Waals surface area contributed by atoms with Crippen LogP contribution < -0.4 is 10.6 Å². The van der Waals surface area contributed by atoms with Crippen molar-refractivity contribution < 1.29 is 4.79 Å². The lowest BCUT2D eigenvalue weighted by atomic mass is 10.1. The molecular formula is C20H20ClN3O. The predicted octanol–water partition coefficient (Wildman–Crippen LogP) is 4.98. The number of nitriles is 1. The number of para-hydroxylation sites is 1. The van der Waals surface area contributed by atoms with E-state index in [4.69, 9.17) is 11.6 Å². The van der Waals surface area contributed by atoms with E-state index in [1.807, 2.05) is 51.1 Å². The molecule has 0 aliphatic heterocycles. The van der Waals surface area contributed by atoms with Crippen LogP contribution >= 0.6 is 11.6 Å². The van der Waals surface area contributed by atoms with Gasteiger partial charge in [0.1, 0.15) is 11.6 Å². The Morgan fingerprint density at radius 3 is 2.64 bits per heavy atom. The summed E-state index contributed by atoms with van der Waals surface area (Å²) in [6, 6.07) is 13.2. The summed E-state index contributed by atoms with van der Waals surface area (Å²) in [5.41, 5.74) is 4.47. The molecule has 0 aromatic heterocycles. The van der Waals surface area contributed by atoms with Gasteiger partial charge in [0.15, 0.2) is 0 Å². The van der Waals surface area contributed by atoms with Gasteiger partial charge in [0.05, 0.1) is 0 Å². The summed E-state index contributed by atoms with van der Waals surface area (Å²) < 4.78 is 0. The monoisotopic (exact) mass is 353 g/mol. The van der Waals surface area contributed by atoms with E-state index >= 15 is 0 Å². The zero-order valence-electron chi connectivity index (χ0n) is 14.5. The second kappa shape index (κ2) is 8.36. The Balaban J connectivity index is 2.20. The van der Waals surface area contributed by atoms with E-state index in [1.54, 1.807) is 12.1 Å². The van der Waals surface area contributed by atoms with Crippen LogP contribution in [0.4, 0.5) is 11.4 Å². The summed E-state index contributed by atoms with van der Waals surface area (Å²) in [4.78, 5) is 12.5. The fraction of sp³-hybridized carbons (Fsp3) is 0.200. The summed E-state index contributed by atoms with van der Waals surface area (Å²) in [6.45, 7) is 5.85. The lowest BCUT2D eigenvalue weighted by Crippen LogP contribution is -2.16. The molecule has 2 aromatic rings. The maximum atomic E-state index is 12.5. The smallest absolute Gasteiger partial charge is 0.267 e. The van der Waals surface area contributed by atoms with Gasteiger partial charge in [-0.05, 0) is 55.2 Å². The highest BCUT2D eigenvalue weighted by atomic mass is 35.5. The van der Waals surface area contributed by atoms with E-state index in [9.17, 15) is 10.1 Å². The van der Waals surface area contributed by atoms with Crippen LogP contribution in [0.5, 0.6) is 0 Å². The normalized spacial score (nSPS) is 10.9. The Kier molecular flexibility index (Phi) is 6.21. The van der Waals surface area contributed by atoms with Gasteiger partial charge in [-0.3, -0.25) is 4.79 Å². The van der Waals surface area contributed by atoms with Gasteiger partial charge in [-0.15, -0.1) is 0 Å². The molecule has 0 heterocycles. The Labute approximate surface area is 153 Å². The average molecular weight is 354 g/mol. The summed E-state index contributed by atoms with van der Waals surface area (Å²) >= 11 is 5.93. The molecule has 0 spiro atoms. The summed E-state index contributed by atoms with van der Waals surface area (Å²) in [7, 11) is 0. The number of amides is 1. The number of carbonyl (C=O) groups excluding carboxylic acids is 1. The van der Waals surface area contributed by atoms with Crippen molar-refractivity contribution in [3.05, 3.63) is 69.9 Å². The largest absolute Gasteiger partial charge is 0.360 e. The van der Waals surface area contributed by atoms with Crippen LogP contribution in [0.3, 0.4) is 0 Å². The molecule has 0 aliphatic rings. The second-order valence-electron chi connectivity index (χ2n) is 5.69. The first-order valence-electron chi connectivity index (χ1n) is 7.99. The van der Waals surface area contributed by atoms with Gasteiger partial charge in [-0.1, -0.05) is 36.7 Å². The van der Waals surface area contributed by atoms with Crippen molar-refractivity contribution in [2.24, 2.45) is 0 Å². The van der Waals surface area contributed by atoms with Gasteiger partial charge in [0.2, 0.25) is 0 Å². The lowest BCUT2D eigenvalue weighted by molar-refractivity contribution is -0.112. The predicted molar refractivity (Wildman–Crippen MR) is 103 cm³/mol. The number of aryl methyl sites for hydroxylation is 3. The fourth-order valence-electron chi connectivity index (χ4n) is 2.47. The number of nitrogens with one attached hydrogen (secondary N) is 2. The van der Waals surface area contributed by atoms with E-state index in [1.165, 1.54) is 6.20 Å². The summed E-state index contributed by atoms with van der Waals surface area (Å²) in [6.07, 6.45) is 2.21. The Bertz CT molecular complexity index is 866. The molecular weight excluding hydrogens is 334 g/mol. The molecule has 2 N–H and O–H groups in total. The number of hydrogen-bond acceptors (Lipinski definition) is 3. The number of carbonyl (C=O) groups is 1. The van der Waals surface area contributed by atoms with Gasteiger partial charge >= 0.3 is 0 Å². The van der Waals surface area contributed by atoms with E-state index in [0.29, 0.717) is 5.02 Å². The molecule has 0 atom stereocenters. The highest BCUT2D eigenvalue weighted by Gasteiger charge is 2.13. The van der Waals surface area contributed by atoms with Crippen LogP contribution in [-0.2, 0) is 11.2 Å². The molecule has 25 heavy (non-hydrogen) atoms.